The molecule has 9 heteroatoms. The number of furan rings is 1. The summed E-state index contributed by atoms with van der Waals surface area (Å²) in [5, 5.41) is 7.29. The molecular weight excluding hydrogens is 429 g/mol. The van der Waals surface area contributed by atoms with Crippen molar-refractivity contribution in [2.24, 2.45) is 5.10 Å². The Morgan fingerprint density at radius 2 is 1.90 bits per heavy atom. The fourth-order valence-electron chi connectivity index (χ4n) is 2.38. The molecule has 3 aromatic rings. The van der Waals surface area contributed by atoms with E-state index in [1.165, 1.54) is 12.5 Å². The number of nitrogens with one attached hydrogen (secondary N) is 2. The highest BCUT2D eigenvalue weighted by Gasteiger charge is 2.12. The van der Waals surface area contributed by atoms with Crippen LogP contribution in [0.3, 0.4) is 0 Å². The molecule has 2 N–H and O–H groups in total. The molecule has 2 aromatic carbocycles. The number of ether oxygens (including phenoxy) is 1. The van der Waals surface area contributed by atoms with Crippen molar-refractivity contribution in [3.05, 3.63) is 87.8 Å². The summed E-state index contributed by atoms with van der Waals surface area (Å²) in [5.41, 5.74) is 3.56. The van der Waals surface area contributed by atoms with Crippen molar-refractivity contribution in [3.8, 4) is 5.75 Å². The summed E-state index contributed by atoms with van der Waals surface area (Å²) in [6, 6.07) is 15.6. The number of halogens is 2. The number of benzene rings is 2. The van der Waals surface area contributed by atoms with Gasteiger partial charge in [0.1, 0.15) is 18.1 Å². The zero-order valence-corrected chi connectivity index (χ0v) is 17.1. The van der Waals surface area contributed by atoms with E-state index in [0.29, 0.717) is 27.1 Å². The van der Waals surface area contributed by atoms with Gasteiger partial charge in [-0.2, -0.15) is 5.10 Å². The zero-order valence-electron chi connectivity index (χ0n) is 15.6. The summed E-state index contributed by atoms with van der Waals surface area (Å²) in [4.78, 5) is 23.6. The number of rotatable bonds is 7. The number of amides is 2. The van der Waals surface area contributed by atoms with Crippen LogP contribution >= 0.6 is 23.2 Å². The van der Waals surface area contributed by atoms with Crippen molar-refractivity contribution in [3.63, 3.8) is 0 Å². The van der Waals surface area contributed by atoms with E-state index in [1.807, 2.05) is 0 Å². The van der Waals surface area contributed by atoms with Gasteiger partial charge in [0.25, 0.3) is 0 Å². The molecule has 0 radical (unpaired) electrons. The molecule has 30 heavy (non-hydrogen) atoms. The van der Waals surface area contributed by atoms with E-state index in [2.05, 4.69) is 15.8 Å². The maximum atomic E-state index is 11.8. The van der Waals surface area contributed by atoms with Gasteiger partial charge >= 0.3 is 11.8 Å². The average molecular weight is 446 g/mol. The van der Waals surface area contributed by atoms with Crippen molar-refractivity contribution in [1.82, 2.24) is 10.7 Å². The van der Waals surface area contributed by atoms with Gasteiger partial charge in [-0.15, -0.1) is 0 Å². The van der Waals surface area contributed by atoms with E-state index in [4.69, 9.17) is 32.4 Å². The average Bonchev–Trinajstić information content (AvgIpc) is 3.26. The monoisotopic (exact) mass is 445 g/mol. The SMILES string of the molecule is O=C(NCc1ccco1)C(=O)N/N=C\c1ccccc1OCc1ccc(Cl)cc1Cl. The number of para-hydroxylation sites is 1. The Bertz CT molecular complexity index is 1050. The van der Waals surface area contributed by atoms with Gasteiger partial charge < -0.3 is 14.5 Å². The topological polar surface area (TPSA) is 92.9 Å². The Balaban J connectivity index is 1.55. The third-order valence-electron chi connectivity index (χ3n) is 3.90. The zero-order chi connectivity index (χ0) is 21.3. The molecule has 0 aliphatic carbocycles. The number of carbonyl (C=O) groups is 2. The molecule has 7 nitrogen and oxygen atoms in total. The highest BCUT2D eigenvalue weighted by atomic mass is 35.5. The van der Waals surface area contributed by atoms with Gasteiger partial charge in [0, 0.05) is 21.2 Å². The Morgan fingerprint density at radius 1 is 1.07 bits per heavy atom. The third kappa shape index (κ3) is 6.10. The van der Waals surface area contributed by atoms with Crippen LogP contribution in [0.5, 0.6) is 5.75 Å². The van der Waals surface area contributed by atoms with Crippen LogP contribution in [0.1, 0.15) is 16.9 Å². The fraction of sp³-hybridized carbons (Fsp3) is 0.0952. The second-order valence-corrected chi connectivity index (χ2v) is 6.87. The normalized spacial score (nSPS) is 10.7. The highest BCUT2D eigenvalue weighted by molar-refractivity contribution is 6.35. The predicted molar refractivity (Wildman–Crippen MR) is 114 cm³/mol. The summed E-state index contributed by atoms with van der Waals surface area (Å²) in [7, 11) is 0. The number of hydrazone groups is 1. The third-order valence-corrected chi connectivity index (χ3v) is 4.48. The van der Waals surface area contributed by atoms with Crippen molar-refractivity contribution < 1.29 is 18.7 Å². The van der Waals surface area contributed by atoms with E-state index < -0.39 is 11.8 Å². The molecule has 0 aliphatic rings. The first-order valence-corrected chi connectivity index (χ1v) is 9.58. The molecule has 154 valence electrons. The van der Waals surface area contributed by atoms with Crippen LogP contribution in [0.25, 0.3) is 0 Å². The fourth-order valence-corrected chi connectivity index (χ4v) is 2.85. The van der Waals surface area contributed by atoms with E-state index in [1.54, 1.807) is 54.6 Å². The van der Waals surface area contributed by atoms with Gasteiger partial charge in [-0.25, -0.2) is 5.43 Å². The molecule has 1 aromatic heterocycles. The largest absolute Gasteiger partial charge is 0.488 e. The van der Waals surface area contributed by atoms with Gasteiger partial charge in [-0.3, -0.25) is 9.59 Å². The minimum atomic E-state index is -0.899. The Kier molecular flexibility index (Phi) is 7.48. The van der Waals surface area contributed by atoms with Crippen LogP contribution in [-0.4, -0.2) is 18.0 Å². The summed E-state index contributed by atoms with van der Waals surface area (Å²) >= 11 is 12.1. The highest BCUT2D eigenvalue weighted by Crippen LogP contribution is 2.23. The Morgan fingerprint density at radius 3 is 2.67 bits per heavy atom. The standard InChI is InChI=1S/C21H17Cl2N3O4/c22-16-8-7-15(18(23)10-16)13-30-19-6-2-1-4-14(19)11-25-26-21(28)20(27)24-12-17-5-3-9-29-17/h1-11H,12-13H2,(H,24,27)(H,26,28)/b25-11-. The molecule has 0 saturated heterocycles. The molecule has 0 bridgehead atoms. The predicted octanol–water partition coefficient (Wildman–Crippen LogP) is 3.93. The smallest absolute Gasteiger partial charge is 0.329 e. The Hall–Kier alpha value is -3.29. The minimum absolute atomic E-state index is 0.104. The van der Waals surface area contributed by atoms with Gasteiger partial charge in [0.15, 0.2) is 0 Å². The first-order chi connectivity index (χ1) is 14.5. The van der Waals surface area contributed by atoms with Gasteiger partial charge in [-0.1, -0.05) is 41.4 Å². The summed E-state index contributed by atoms with van der Waals surface area (Å²) in [6.45, 7) is 0.329. The first kappa shape index (κ1) is 21.4. The van der Waals surface area contributed by atoms with Crippen molar-refractivity contribution in [2.45, 2.75) is 13.2 Å². The van der Waals surface area contributed by atoms with Crippen LogP contribution in [0.4, 0.5) is 0 Å². The van der Waals surface area contributed by atoms with Gasteiger partial charge in [0.2, 0.25) is 0 Å². The van der Waals surface area contributed by atoms with E-state index >= 15 is 0 Å². The summed E-state index contributed by atoms with van der Waals surface area (Å²) in [6.07, 6.45) is 2.86. The number of carbonyl (C=O) groups excluding carboxylic acids is 2. The lowest BCUT2D eigenvalue weighted by molar-refractivity contribution is -0.139. The van der Waals surface area contributed by atoms with Gasteiger partial charge in [0.05, 0.1) is 19.0 Å². The number of nitrogens with zero attached hydrogens (tertiary/aromatic N) is 1. The second kappa shape index (κ2) is 10.5. The van der Waals surface area contributed by atoms with E-state index in [9.17, 15) is 9.59 Å². The molecule has 0 saturated carbocycles. The maximum absolute atomic E-state index is 11.8. The van der Waals surface area contributed by atoms with Crippen LogP contribution in [-0.2, 0) is 22.7 Å². The lowest BCUT2D eigenvalue weighted by atomic mass is 10.2. The molecular formula is C21H17Cl2N3O4. The lowest BCUT2D eigenvalue weighted by Crippen LogP contribution is -2.37. The van der Waals surface area contributed by atoms with Crippen LogP contribution in [0.15, 0.2) is 70.4 Å². The molecule has 0 unspecified atom stereocenters. The molecule has 2 amide bonds. The Labute approximate surface area is 182 Å². The quantitative estimate of drug-likeness (QED) is 0.327. The molecule has 0 fully saturated rings. The maximum Gasteiger partial charge on any atom is 0.329 e. The van der Waals surface area contributed by atoms with Crippen molar-refractivity contribution in [1.29, 1.82) is 0 Å². The molecule has 3 rings (SSSR count). The van der Waals surface area contributed by atoms with Crippen LogP contribution in [0.2, 0.25) is 10.0 Å². The summed E-state index contributed by atoms with van der Waals surface area (Å²) < 4.78 is 10.9. The molecule has 0 aliphatic heterocycles. The van der Waals surface area contributed by atoms with Gasteiger partial charge in [-0.05, 0) is 36.4 Å². The van der Waals surface area contributed by atoms with Crippen molar-refractivity contribution >= 4 is 41.2 Å². The molecule has 1 heterocycles. The number of hydrogen-bond acceptors (Lipinski definition) is 5. The first-order valence-electron chi connectivity index (χ1n) is 8.82. The minimum Gasteiger partial charge on any atom is -0.488 e. The van der Waals surface area contributed by atoms with Crippen LogP contribution < -0.4 is 15.5 Å². The lowest BCUT2D eigenvalue weighted by Gasteiger charge is -2.10. The van der Waals surface area contributed by atoms with E-state index in [0.717, 1.165) is 5.56 Å². The molecule has 0 spiro atoms. The van der Waals surface area contributed by atoms with E-state index in [-0.39, 0.29) is 13.2 Å². The van der Waals surface area contributed by atoms with Crippen molar-refractivity contribution in [2.75, 3.05) is 0 Å². The van der Waals surface area contributed by atoms with Crippen LogP contribution in [0, 0.1) is 0 Å². The second-order valence-electron chi connectivity index (χ2n) is 6.02. The summed E-state index contributed by atoms with van der Waals surface area (Å²) in [5.74, 6) is -0.662. The number of hydrogen-bond donors (Lipinski definition) is 2. The molecule has 0 atom stereocenters.